The molecule has 0 bridgehead atoms. The molecule has 2 N–H and O–H groups in total. The van der Waals surface area contributed by atoms with Crippen molar-refractivity contribution in [1.29, 1.82) is 5.26 Å². The number of ketones is 1. The van der Waals surface area contributed by atoms with Gasteiger partial charge in [0, 0.05) is 16.6 Å². The predicted molar refractivity (Wildman–Crippen MR) is 105 cm³/mol. The molecule has 2 aromatic carbocycles. The summed E-state index contributed by atoms with van der Waals surface area (Å²) in [4.78, 5) is 16.2. The second-order valence-electron chi connectivity index (χ2n) is 5.95. The first-order valence-electron chi connectivity index (χ1n) is 8.35. The van der Waals surface area contributed by atoms with Crippen molar-refractivity contribution >= 4 is 34.4 Å². The van der Waals surface area contributed by atoms with Gasteiger partial charge < -0.3 is 14.8 Å². The number of ether oxygens (including phenoxy) is 1. The van der Waals surface area contributed by atoms with E-state index in [2.05, 4.69) is 4.98 Å². The predicted octanol–water partition coefficient (Wildman–Crippen LogP) is 5.02. The lowest BCUT2D eigenvalue weighted by Crippen LogP contribution is -2.03. The first-order valence-corrected chi connectivity index (χ1v) is 8.73. The fourth-order valence-electron chi connectivity index (χ4n) is 2.96. The molecule has 0 spiro atoms. The minimum Gasteiger partial charge on any atom is -0.503 e. The molecular weight excluding hydrogens is 364 g/mol. The molecule has 0 aliphatic rings. The highest BCUT2D eigenvalue weighted by atomic mass is 35.5. The largest absolute Gasteiger partial charge is 0.503 e. The number of aromatic nitrogens is 1. The third-order valence-corrected chi connectivity index (χ3v) is 4.44. The number of carbonyl (C=O) groups excluding carboxylic acids is 1. The number of hydrogen-bond acceptors (Lipinski definition) is 4. The number of Topliss-reactive ketones (excluding diaryl/α,β-unsaturated/α-hetero) is 1. The minimum absolute atomic E-state index is 0.0351. The van der Waals surface area contributed by atoms with E-state index >= 15 is 0 Å². The van der Waals surface area contributed by atoms with Gasteiger partial charge in [0.1, 0.15) is 11.6 Å². The van der Waals surface area contributed by atoms with Crippen molar-refractivity contribution in [3.63, 3.8) is 0 Å². The van der Waals surface area contributed by atoms with Crippen LogP contribution in [0.25, 0.3) is 17.0 Å². The van der Waals surface area contributed by atoms with Crippen molar-refractivity contribution in [3.05, 3.63) is 63.8 Å². The number of benzene rings is 2. The third-order valence-electron chi connectivity index (χ3n) is 4.15. The number of rotatable bonds is 5. The van der Waals surface area contributed by atoms with Crippen LogP contribution in [0.2, 0.25) is 5.02 Å². The number of halogens is 1. The highest BCUT2D eigenvalue weighted by Crippen LogP contribution is 2.36. The van der Waals surface area contributed by atoms with Crippen molar-refractivity contribution in [2.75, 3.05) is 6.61 Å². The number of allylic oxidation sites excluding steroid dienone is 1. The Kier molecular flexibility index (Phi) is 5.20. The Morgan fingerprint density at radius 3 is 2.81 bits per heavy atom. The Labute approximate surface area is 161 Å². The molecule has 0 saturated heterocycles. The van der Waals surface area contributed by atoms with Crippen LogP contribution in [0.5, 0.6) is 11.5 Å². The highest BCUT2D eigenvalue weighted by Gasteiger charge is 2.20. The average Bonchev–Trinajstić information content (AvgIpc) is 2.99. The van der Waals surface area contributed by atoms with Crippen LogP contribution in [-0.2, 0) is 0 Å². The van der Waals surface area contributed by atoms with E-state index in [1.54, 1.807) is 13.8 Å². The molecule has 136 valence electrons. The second-order valence-corrected chi connectivity index (χ2v) is 6.36. The topological polar surface area (TPSA) is 86.1 Å². The molecule has 0 saturated carbocycles. The number of carbonyl (C=O) groups is 1. The van der Waals surface area contributed by atoms with Gasteiger partial charge in [0.15, 0.2) is 11.5 Å². The monoisotopic (exact) mass is 380 g/mol. The van der Waals surface area contributed by atoms with Crippen LogP contribution in [0.4, 0.5) is 0 Å². The number of phenols is 1. The van der Waals surface area contributed by atoms with Crippen molar-refractivity contribution in [2.24, 2.45) is 0 Å². The third kappa shape index (κ3) is 3.53. The van der Waals surface area contributed by atoms with Crippen LogP contribution in [0.3, 0.4) is 0 Å². The van der Waals surface area contributed by atoms with Gasteiger partial charge in [-0.25, -0.2) is 0 Å². The van der Waals surface area contributed by atoms with Crippen molar-refractivity contribution in [2.45, 2.75) is 13.8 Å². The summed E-state index contributed by atoms with van der Waals surface area (Å²) < 4.78 is 5.35. The SMILES string of the molecule is CCOc1cc(C=C(C#N)C(=O)c2c(C)[nH]c3ccccc23)cc(Cl)c1O. The molecular formula is C21H17ClN2O3. The maximum absolute atomic E-state index is 13.0. The van der Waals surface area contributed by atoms with Gasteiger partial charge >= 0.3 is 0 Å². The number of para-hydroxylation sites is 1. The molecule has 0 radical (unpaired) electrons. The summed E-state index contributed by atoms with van der Waals surface area (Å²) in [6, 6.07) is 12.4. The second kappa shape index (κ2) is 7.56. The van der Waals surface area contributed by atoms with Crippen LogP contribution in [-0.4, -0.2) is 22.5 Å². The zero-order valence-corrected chi connectivity index (χ0v) is 15.6. The molecule has 0 amide bonds. The maximum atomic E-state index is 13.0. The standard InChI is InChI=1S/C21H17ClN2O3/c1-3-27-18-10-13(9-16(22)21(18)26)8-14(11-23)20(25)19-12(2)24-17-7-5-4-6-15(17)19/h4-10,24,26H,3H2,1-2H3. The Hall–Kier alpha value is -3.23. The molecule has 0 fully saturated rings. The summed E-state index contributed by atoms with van der Waals surface area (Å²) in [6.07, 6.45) is 1.44. The van der Waals surface area contributed by atoms with Crippen LogP contribution in [0.1, 0.15) is 28.5 Å². The summed E-state index contributed by atoms with van der Waals surface area (Å²) in [6.45, 7) is 3.92. The zero-order valence-electron chi connectivity index (χ0n) is 14.8. The Bertz CT molecular complexity index is 1110. The van der Waals surface area contributed by atoms with E-state index in [9.17, 15) is 15.2 Å². The number of nitrogens with one attached hydrogen (secondary N) is 1. The van der Waals surface area contributed by atoms with Gasteiger partial charge in [0.2, 0.25) is 5.78 Å². The van der Waals surface area contributed by atoms with Gasteiger partial charge in [-0.2, -0.15) is 5.26 Å². The Morgan fingerprint density at radius 1 is 1.37 bits per heavy atom. The van der Waals surface area contributed by atoms with Crippen LogP contribution >= 0.6 is 11.6 Å². The van der Waals surface area contributed by atoms with Crippen LogP contribution in [0, 0.1) is 18.3 Å². The average molecular weight is 381 g/mol. The molecule has 3 aromatic rings. The number of aryl methyl sites for hydroxylation is 1. The quantitative estimate of drug-likeness (QED) is 0.369. The van der Waals surface area contributed by atoms with Gasteiger partial charge in [0.05, 0.1) is 17.2 Å². The molecule has 1 aromatic heterocycles. The number of hydrogen-bond donors (Lipinski definition) is 2. The molecule has 1 heterocycles. The van der Waals surface area contributed by atoms with Crippen molar-refractivity contribution < 1.29 is 14.6 Å². The van der Waals surface area contributed by atoms with Crippen LogP contribution < -0.4 is 4.74 Å². The first-order chi connectivity index (χ1) is 13.0. The zero-order chi connectivity index (χ0) is 19.6. The van der Waals surface area contributed by atoms with Gasteiger partial charge in [0.25, 0.3) is 0 Å². The number of aromatic amines is 1. The normalized spacial score (nSPS) is 11.4. The molecule has 0 aliphatic carbocycles. The summed E-state index contributed by atoms with van der Waals surface area (Å²) in [7, 11) is 0. The number of nitriles is 1. The summed E-state index contributed by atoms with van der Waals surface area (Å²) in [5, 5.41) is 20.3. The van der Waals surface area contributed by atoms with Gasteiger partial charge in [-0.15, -0.1) is 0 Å². The number of fused-ring (bicyclic) bond motifs is 1. The smallest absolute Gasteiger partial charge is 0.205 e. The first kappa shape index (κ1) is 18.6. The van der Waals surface area contributed by atoms with E-state index in [4.69, 9.17) is 16.3 Å². The fraction of sp³-hybridized carbons (Fsp3) is 0.143. The number of H-pyrrole nitrogens is 1. The summed E-state index contributed by atoms with van der Waals surface area (Å²) in [5.74, 6) is -0.355. The summed E-state index contributed by atoms with van der Waals surface area (Å²) in [5.41, 5.74) is 2.45. The molecule has 6 heteroatoms. The fourth-order valence-corrected chi connectivity index (χ4v) is 3.18. The van der Waals surface area contributed by atoms with E-state index in [1.165, 1.54) is 18.2 Å². The van der Waals surface area contributed by atoms with Gasteiger partial charge in [-0.05, 0) is 43.7 Å². The Morgan fingerprint density at radius 2 is 2.11 bits per heavy atom. The van der Waals surface area contributed by atoms with Crippen molar-refractivity contribution in [1.82, 2.24) is 4.98 Å². The molecule has 0 atom stereocenters. The van der Waals surface area contributed by atoms with E-state index in [1.807, 2.05) is 30.3 Å². The van der Waals surface area contributed by atoms with E-state index in [0.29, 0.717) is 23.4 Å². The summed E-state index contributed by atoms with van der Waals surface area (Å²) >= 11 is 6.03. The molecule has 0 unspecified atom stereocenters. The minimum atomic E-state index is -0.380. The highest BCUT2D eigenvalue weighted by molar-refractivity contribution is 6.32. The lowest BCUT2D eigenvalue weighted by Gasteiger charge is -2.08. The maximum Gasteiger partial charge on any atom is 0.205 e. The van der Waals surface area contributed by atoms with E-state index < -0.39 is 0 Å². The molecule has 3 rings (SSSR count). The number of aromatic hydroxyl groups is 1. The van der Waals surface area contributed by atoms with E-state index in [0.717, 1.165) is 10.9 Å². The number of phenolic OH excluding ortho intramolecular Hbond substituents is 1. The lowest BCUT2D eigenvalue weighted by molar-refractivity contribution is 0.104. The molecule has 27 heavy (non-hydrogen) atoms. The Balaban J connectivity index is 2.08. The van der Waals surface area contributed by atoms with E-state index in [-0.39, 0.29) is 27.9 Å². The molecule has 5 nitrogen and oxygen atoms in total. The number of nitrogens with zero attached hydrogens (tertiary/aromatic N) is 1. The van der Waals surface area contributed by atoms with Gasteiger partial charge in [-0.1, -0.05) is 29.8 Å². The molecule has 0 aliphatic heterocycles. The lowest BCUT2D eigenvalue weighted by atomic mass is 9.99. The van der Waals surface area contributed by atoms with Crippen LogP contribution in [0.15, 0.2) is 42.0 Å². The van der Waals surface area contributed by atoms with Crippen molar-refractivity contribution in [3.8, 4) is 17.6 Å². The van der Waals surface area contributed by atoms with Gasteiger partial charge in [-0.3, -0.25) is 4.79 Å².